The lowest BCUT2D eigenvalue weighted by molar-refractivity contribution is 0.0301. The molecule has 1 amide bonds. The van der Waals surface area contributed by atoms with Crippen LogP contribution in [0.25, 0.3) is 0 Å². The van der Waals surface area contributed by atoms with Gasteiger partial charge in [0.15, 0.2) is 9.84 Å². The molecule has 2 aliphatic heterocycles. The molecular formula is C17H21N5O3S. The number of hydrogen-bond acceptors (Lipinski definition) is 6. The normalized spacial score (nSPS) is 25.2. The molecule has 0 unspecified atom stereocenters. The Kier molecular flexibility index (Phi) is 4.28. The molecule has 0 spiro atoms. The van der Waals surface area contributed by atoms with Crippen LogP contribution < -0.4 is 0 Å². The van der Waals surface area contributed by atoms with Crippen molar-refractivity contribution in [2.45, 2.75) is 18.6 Å². The fraction of sp³-hybridized carbons (Fsp3) is 0.471. The minimum Gasteiger partial charge on any atom is -0.330 e. The van der Waals surface area contributed by atoms with Gasteiger partial charge in [-0.1, -0.05) is 6.07 Å². The van der Waals surface area contributed by atoms with Crippen LogP contribution in [0.2, 0.25) is 0 Å². The Morgan fingerprint density at radius 2 is 2.04 bits per heavy atom. The number of carbonyl (C=O) groups is 1. The van der Waals surface area contributed by atoms with Crippen LogP contribution in [0.4, 0.5) is 0 Å². The van der Waals surface area contributed by atoms with E-state index in [1.165, 1.54) is 0 Å². The molecule has 0 aliphatic carbocycles. The van der Waals surface area contributed by atoms with Crippen LogP contribution >= 0.6 is 0 Å². The van der Waals surface area contributed by atoms with Gasteiger partial charge in [-0.15, -0.1) is 0 Å². The molecule has 0 radical (unpaired) electrons. The van der Waals surface area contributed by atoms with Crippen LogP contribution in [0.5, 0.6) is 0 Å². The first-order chi connectivity index (χ1) is 12.4. The lowest BCUT2D eigenvalue weighted by atomic mass is 10.0. The summed E-state index contributed by atoms with van der Waals surface area (Å²) in [6.45, 7) is 1.76. The van der Waals surface area contributed by atoms with Crippen molar-refractivity contribution in [3.63, 3.8) is 0 Å². The average molecular weight is 375 g/mol. The van der Waals surface area contributed by atoms with E-state index in [2.05, 4.69) is 15.0 Å². The maximum atomic E-state index is 12.9. The average Bonchev–Trinajstić information content (AvgIpc) is 3.18. The molecule has 0 aromatic carbocycles. The summed E-state index contributed by atoms with van der Waals surface area (Å²) in [6, 6.07) is 5.00. The SMILES string of the molecule is Cn1ccc(C(=O)N2CCN(Cc3cccnc3)[C@@H]3CS(=O)(=O)C[C@@H]32)n1. The standard InChI is InChI=1S/C17H21N5O3S/c1-20-6-4-14(19-20)17(23)22-8-7-21(10-13-3-2-5-18-9-13)15-11-26(24,25)12-16(15)22/h2-6,9,15-16H,7-8,10-12H2,1H3/t15-,16+/m1/s1. The molecule has 26 heavy (non-hydrogen) atoms. The maximum absolute atomic E-state index is 12.9. The second-order valence-corrected chi connectivity index (χ2v) is 9.07. The first kappa shape index (κ1) is 17.2. The molecule has 9 heteroatoms. The highest BCUT2D eigenvalue weighted by Crippen LogP contribution is 2.29. The van der Waals surface area contributed by atoms with Gasteiger partial charge in [0.05, 0.1) is 17.5 Å². The lowest BCUT2D eigenvalue weighted by Gasteiger charge is -2.43. The van der Waals surface area contributed by atoms with E-state index in [0.29, 0.717) is 25.3 Å². The largest absolute Gasteiger partial charge is 0.330 e. The quantitative estimate of drug-likeness (QED) is 0.747. The number of piperazine rings is 1. The van der Waals surface area contributed by atoms with Gasteiger partial charge >= 0.3 is 0 Å². The van der Waals surface area contributed by atoms with Gasteiger partial charge in [0.1, 0.15) is 5.69 Å². The Labute approximate surface area is 152 Å². The van der Waals surface area contributed by atoms with Crippen LogP contribution in [-0.4, -0.2) is 75.6 Å². The highest BCUT2D eigenvalue weighted by molar-refractivity contribution is 7.91. The zero-order chi connectivity index (χ0) is 18.3. The van der Waals surface area contributed by atoms with Gasteiger partial charge in [0.2, 0.25) is 0 Å². The van der Waals surface area contributed by atoms with Gasteiger partial charge in [-0.05, 0) is 17.7 Å². The predicted octanol–water partition coefficient (Wildman–Crippen LogP) is -0.0613. The van der Waals surface area contributed by atoms with Crippen molar-refractivity contribution < 1.29 is 13.2 Å². The van der Waals surface area contributed by atoms with Crippen molar-refractivity contribution in [3.8, 4) is 0 Å². The molecule has 4 rings (SSSR count). The fourth-order valence-electron chi connectivity index (χ4n) is 3.88. The molecule has 8 nitrogen and oxygen atoms in total. The summed E-state index contributed by atoms with van der Waals surface area (Å²) in [5.74, 6) is -0.0947. The third-order valence-electron chi connectivity index (χ3n) is 5.09. The van der Waals surface area contributed by atoms with Crippen molar-refractivity contribution in [2.75, 3.05) is 24.6 Å². The van der Waals surface area contributed by atoms with Crippen molar-refractivity contribution in [1.82, 2.24) is 24.6 Å². The third-order valence-corrected chi connectivity index (χ3v) is 6.79. The first-order valence-corrected chi connectivity index (χ1v) is 10.4. The summed E-state index contributed by atoms with van der Waals surface area (Å²) in [4.78, 5) is 20.8. The van der Waals surface area contributed by atoms with Gasteiger partial charge in [0, 0.05) is 51.3 Å². The van der Waals surface area contributed by atoms with Gasteiger partial charge < -0.3 is 4.90 Å². The zero-order valence-electron chi connectivity index (χ0n) is 14.5. The summed E-state index contributed by atoms with van der Waals surface area (Å²) >= 11 is 0. The van der Waals surface area contributed by atoms with E-state index in [9.17, 15) is 13.2 Å². The number of hydrogen-bond donors (Lipinski definition) is 0. The number of aromatic nitrogens is 3. The Morgan fingerprint density at radius 1 is 1.23 bits per heavy atom. The predicted molar refractivity (Wildman–Crippen MR) is 95.1 cm³/mol. The molecule has 0 N–H and O–H groups in total. The monoisotopic (exact) mass is 375 g/mol. The van der Waals surface area contributed by atoms with E-state index in [-0.39, 0.29) is 29.5 Å². The van der Waals surface area contributed by atoms with Crippen LogP contribution in [0, 0.1) is 0 Å². The highest BCUT2D eigenvalue weighted by Gasteiger charge is 2.48. The number of pyridine rings is 1. The summed E-state index contributed by atoms with van der Waals surface area (Å²) < 4.78 is 26.2. The number of sulfone groups is 1. The van der Waals surface area contributed by atoms with E-state index < -0.39 is 9.84 Å². The molecule has 0 saturated carbocycles. The number of amides is 1. The van der Waals surface area contributed by atoms with Crippen LogP contribution in [0.1, 0.15) is 16.1 Å². The summed E-state index contributed by atoms with van der Waals surface area (Å²) in [7, 11) is -1.42. The van der Waals surface area contributed by atoms with E-state index in [0.717, 1.165) is 5.56 Å². The van der Waals surface area contributed by atoms with E-state index >= 15 is 0 Å². The van der Waals surface area contributed by atoms with Crippen molar-refractivity contribution in [2.24, 2.45) is 7.05 Å². The van der Waals surface area contributed by atoms with E-state index in [4.69, 9.17) is 0 Å². The number of rotatable bonds is 3. The second kappa shape index (κ2) is 6.48. The molecule has 2 fully saturated rings. The molecule has 138 valence electrons. The third kappa shape index (κ3) is 3.24. The molecule has 2 aromatic rings. The summed E-state index contributed by atoms with van der Waals surface area (Å²) in [5, 5.41) is 4.18. The second-order valence-electron chi connectivity index (χ2n) is 6.92. The Morgan fingerprint density at radius 3 is 2.73 bits per heavy atom. The van der Waals surface area contributed by atoms with Crippen molar-refractivity contribution in [1.29, 1.82) is 0 Å². The number of nitrogens with zero attached hydrogens (tertiary/aromatic N) is 5. The Balaban J connectivity index is 1.58. The minimum absolute atomic E-state index is 0.0137. The zero-order valence-corrected chi connectivity index (χ0v) is 15.3. The van der Waals surface area contributed by atoms with Gasteiger partial charge in [0.25, 0.3) is 5.91 Å². The van der Waals surface area contributed by atoms with Gasteiger partial charge in [-0.25, -0.2) is 8.42 Å². The maximum Gasteiger partial charge on any atom is 0.274 e. The van der Waals surface area contributed by atoms with E-state index in [1.807, 2.05) is 12.1 Å². The van der Waals surface area contributed by atoms with E-state index in [1.54, 1.807) is 41.3 Å². The summed E-state index contributed by atoms with van der Waals surface area (Å²) in [6.07, 6.45) is 5.23. The summed E-state index contributed by atoms with van der Waals surface area (Å²) in [5.41, 5.74) is 1.40. The number of fused-ring (bicyclic) bond motifs is 1. The van der Waals surface area contributed by atoms with Gasteiger partial charge in [-0.3, -0.25) is 19.4 Å². The van der Waals surface area contributed by atoms with Crippen molar-refractivity contribution in [3.05, 3.63) is 48.0 Å². The Bertz CT molecular complexity index is 911. The van der Waals surface area contributed by atoms with Crippen LogP contribution in [0.3, 0.4) is 0 Å². The topological polar surface area (TPSA) is 88.4 Å². The van der Waals surface area contributed by atoms with Crippen LogP contribution in [-0.2, 0) is 23.4 Å². The minimum atomic E-state index is -3.17. The molecular weight excluding hydrogens is 354 g/mol. The van der Waals surface area contributed by atoms with Crippen LogP contribution in [0.15, 0.2) is 36.8 Å². The van der Waals surface area contributed by atoms with Gasteiger partial charge in [-0.2, -0.15) is 5.10 Å². The molecule has 2 aromatic heterocycles. The highest BCUT2D eigenvalue weighted by atomic mass is 32.2. The van der Waals surface area contributed by atoms with Crippen molar-refractivity contribution >= 4 is 15.7 Å². The fourth-order valence-corrected chi connectivity index (χ4v) is 5.89. The first-order valence-electron chi connectivity index (χ1n) is 8.57. The molecule has 4 heterocycles. The smallest absolute Gasteiger partial charge is 0.274 e. The number of aryl methyl sites for hydroxylation is 1. The molecule has 0 bridgehead atoms. The molecule has 2 saturated heterocycles. The molecule has 2 aliphatic rings. The lowest BCUT2D eigenvalue weighted by Crippen LogP contribution is -2.60. The molecule has 2 atom stereocenters. The number of carbonyl (C=O) groups excluding carboxylic acids is 1. The Hall–Kier alpha value is -2.26.